The lowest BCUT2D eigenvalue weighted by Gasteiger charge is -2.55. The molecule has 27 heavy (non-hydrogen) atoms. The summed E-state index contributed by atoms with van der Waals surface area (Å²) < 4.78 is 17.2. The van der Waals surface area contributed by atoms with Gasteiger partial charge in [-0.15, -0.1) is 0 Å². The van der Waals surface area contributed by atoms with Gasteiger partial charge in [-0.25, -0.2) is 0 Å². The summed E-state index contributed by atoms with van der Waals surface area (Å²) in [5.41, 5.74) is 1.90. The molecule has 2 bridgehead atoms. The molecule has 5 atom stereocenters. The van der Waals surface area contributed by atoms with E-state index in [9.17, 15) is 9.59 Å². The maximum absolute atomic E-state index is 11.5. The highest BCUT2D eigenvalue weighted by atomic mass is 16.5. The van der Waals surface area contributed by atoms with Crippen molar-refractivity contribution in [3.8, 4) is 5.75 Å². The Morgan fingerprint density at radius 3 is 2.56 bits per heavy atom. The summed E-state index contributed by atoms with van der Waals surface area (Å²) >= 11 is 0. The predicted molar refractivity (Wildman–Crippen MR) is 101 cm³/mol. The molecule has 0 unspecified atom stereocenters. The molecule has 0 spiro atoms. The lowest BCUT2D eigenvalue weighted by Crippen LogP contribution is -2.54. The minimum atomic E-state index is -0.347. The van der Waals surface area contributed by atoms with Crippen LogP contribution >= 0.6 is 0 Å². The molecular formula is C22H28O5. The molecule has 1 fully saturated rings. The van der Waals surface area contributed by atoms with E-state index in [4.69, 9.17) is 14.2 Å². The number of hydrogen-bond donors (Lipinski definition) is 0. The van der Waals surface area contributed by atoms with Crippen molar-refractivity contribution < 1.29 is 23.8 Å². The smallest absolute Gasteiger partial charge is 0.308 e. The van der Waals surface area contributed by atoms with Crippen LogP contribution in [0.4, 0.5) is 0 Å². The van der Waals surface area contributed by atoms with E-state index in [2.05, 4.69) is 26.8 Å². The van der Waals surface area contributed by atoms with Crippen molar-refractivity contribution >= 4 is 11.9 Å². The van der Waals surface area contributed by atoms with Crippen molar-refractivity contribution in [3.63, 3.8) is 0 Å². The number of para-hydroxylation sites is 1. The number of carbonyl (C=O) groups excluding carboxylic acids is 2. The van der Waals surface area contributed by atoms with Gasteiger partial charge in [0.1, 0.15) is 5.75 Å². The minimum Gasteiger partial charge on any atom is -0.465 e. The Labute approximate surface area is 160 Å². The van der Waals surface area contributed by atoms with Crippen LogP contribution in [0.3, 0.4) is 0 Å². The largest absolute Gasteiger partial charge is 0.465 e. The second kappa shape index (κ2) is 7.47. The molecule has 1 aliphatic carbocycles. The summed E-state index contributed by atoms with van der Waals surface area (Å²) in [6.07, 6.45) is 2.07. The zero-order valence-corrected chi connectivity index (χ0v) is 16.7. The zero-order chi connectivity index (χ0) is 19.8. The van der Waals surface area contributed by atoms with E-state index in [-0.39, 0.29) is 41.2 Å². The lowest BCUT2D eigenvalue weighted by atomic mass is 9.56. The number of hydrogen-bond acceptors (Lipinski definition) is 5. The van der Waals surface area contributed by atoms with Gasteiger partial charge < -0.3 is 14.2 Å². The van der Waals surface area contributed by atoms with E-state index in [0.29, 0.717) is 19.0 Å². The van der Waals surface area contributed by atoms with Crippen molar-refractivity contribution in [3.05, 3.63) is 41.5 Å². The molecule has 1 saturated heterocycles. The third kappa shape index (κ3) is 3.53. The summed E-state index contributed by atoms with van der Waals surface area (Å²) in [5, 5.41) is 0. The van der Waals surface area contributed by atoms with Gasteiger partial charge in [0.2, 0.25) is 0 Å². The Morgan fingerprint density at radius 2 is 1.89 bits per heavy atom. The molecule has 146 valence electrons. The monoisotopic (exact) mass is 372 g/mol. The van der Waals surface area contributed by atoms with Crippen LogP contribution in [0, 0.1) is 23.2 Å². The highest BCUT2D eigenvalue weighted by Gasteiger charge is 2.54. The van der Waals surface area contributed by atoms with Crippen LogP contribution in [-0.4, -0.2) is 25.2 Å². The third-order valence-corrected chi connectivity index (χ3v) is 6.27. The van der Waals surface area contributed by atoms with E-state index in [1.165, 1.54) is 19.4 Å². The SMILES string of the molecule is CC(=O)OC[C@]12CO[C@@H](c3ccccc3OC(C)=O)[C@H](C(C)=C[C@@H]1C)[C@H]2C. The van der Waals surface area contributed by atoms with Crippen molar-refractivity contribution in [1.29, 1.82) is 0 Å². The molecule has 0 aromatic heterocycles. The van der Waals surface area contributed by atoms with Crippen LogP contribution < -0.4 is 4.74 Å². The Kier molecular flexibility index (Phi) is 5.43. The van der Waals surface area contributed by atoms with Crippen LogP contribution in [0.5, 0.6) is 5.75 Å². The molecule has 5 nitrogen and oxygen atoms in total. The van der Waals surface area contributed by atoms with E-state index in [1.807, 2.05) is 18.2 Å². The number of fused-ring (bicyclic) bond motifs is 2. The topological polar surface area (TPSA) is 61.8 Å². The molecule has 0 N–H and O–H groups in total. The quantitative estimate of drug-likeness (QED) is 0.453. The van der Waals surface area contributed by atoms with Gasteiger partial charge in [0.25, 0.3) is 0 Å². The van der Waals surface area contributed by atoms with Crippen LogP contribution in [-0.2, 0) is 19.1 Å². The molecular weight excluding hydrogens is 344 g/mol. The van der Waals surface area contributed by atoms with Crippen LogP contribution in [0.15, 0.2) is 35.9 Å². The number of rotatable bonds is 4. The van der Waals surface area contributed by atoms with Crippen molar-refractivity contribution in [2.45, 2.75) is 40.7 Å². The van der Waals surface area contributed by atoms with E-state index in [1.54, 1.807) is 6.07 Å². The molecule has 0 saturated carbocycles. The zero-order valence-electron chi connectivity index (χ0n) is 16.7. The highest BCUT2D eigenvalue weighted by Crippen LogP contribution is 2.57. The second-order valence-corrected chi connectivity index (χ2v) is 7.89. The molecule has 0 radical (unpaired) electrons. The first-order valence-electron chi connectivity index (χ1n) is 9.47. The summed E-state index contributed by atoms with van der Waals surface area (Å²) in [5.74, 6) is 0.547. The van der Waals surface area contributed by atoms with Gasteiger partial charge in [-0.3, -0.25) is 9.59 Å². The van der Waals surface area contributed by atoms with Gasteiger partial charge in [0, 0.05) is 30.7 Å². The summed E-state index contributed by atoms with van der Waals surface area (Å²) in [6.45, 7) is 10.2. The number of allylic oxidation sites excluding steroid dienone is 1. The molecule has 0 amide bonds. The first-order valence-corrected chi connectivity index (χ1v) is 9.47. The fourth-order valence-electron chi connectivity index (χ4n) is 4.74. The molecule has 1 aliphatic heterocycles. The molecule has 2 aliphatic rings. The normalized spacial score (nSPS) is 32.4. The first kappa shape index (κ1) is 19.6. The Hall–Kier alpha value is -2.14. The third-order valence-electron chi connectivity index (χ3n) is 6.27. The maximum atomic E-state index is 11.5. The average molecular weight is 372 g/mol. The predicted octanol–water partition coefficient (Wildman–Crippen LogP) is 4.08. The molecule has 3 rings (SSSR count). The van der Waals surface area contributed by atoms with Crippen LogP contribution in [0.2, 0.25) is 0 Å². The van der Waals surface area contributed by atoms with E-state index in [0.717, 1.165) is 5.56 Å². The number of carbonyl (C=O) groups is 2. The summed E-state index contributed by atoms with van der Waals surface area (Å²) in [4.78, 5) is 22.9. The fraction of sp³-hybridized carbons (Fsp3) is 0.545. The maximum Gasteiger partial charge on any atom is 0.308 e. The van der Waals surface area contributed by atoms with E-state index >= 15 is 0 Å². The summed E-state index contributed by atoms with van der Waals surface area (Å²) in [7, 11) is 0. The number of esters is 2. The minimum absolute atomic E-state index is 0.127. The molecule has 1 aromatic carbocycles. The van der Waals surface area contributed by atoms with Crippen LogP contribution in [0.25, 0.3) is 0 Å². The Balaban J connectivity index is 1.98. The average Bonchev–Trinajstić information content (AvgIpc) is 2.59. The molecule has 5 heteroatoms. The Bertz CT molecular complexity index is 768. The number of ether oxygens (including phenoxy) is 3. The van der Waals surface area contributed by atoms with Crippen molar-refractivity contribution in [2.75, 3.05) is 13.2 Å². The van der Waals surface area contributed by atoms with Gasteiger partial charge in [-0.05, 0) is 24.8 Å². The van der Waals surface area contributed by atoms with Crippen LogP contribution in [0.1, 0.15) is 46.3 Å². The van der Waals surface area contributed by atoms with Gasteiger partial charge in [0.15, 0.2) is 0 Å². The number of benzene rings is 1. The van der Waals surface area contributed by atoms with Gasteiger partial charge >= 0.3 is 11.9 Å². The standard InChI is InChI=1S/C22H28O5/c1-13-10-14(2)22(11-25-16(4)23)12-26-21(20(13)15(22)3)18-8-6-7-9-19(18)27-17(5)24/h6-10,14-15,20-21H,11-12H2,1-5H3/t14-,15+,20+,21-,22-/m0/s1. The molecule has 1 aromatic rings. The van der Waals surface area contributed by atoms with E-state index < -0.39 is 0 Å². The molecule has 1 heterocycles. The van der Waals surface area contributed by atoms with Gasteiger partial charge in [-0.1, -0.05) is 43.7 Å². The first-order chi connectivity index (χ1) is 12.8. The highest BCUT2D eigenvalue weighted by molar-refractivity contribution is 5.70. The lowest BCUT2D eigenvalue weighted by molar-refractivity contribution is -0.180. The Morgan fingerprint density at radius 1 is 1.19 bits per heavy atom. The summed E-state index contributed by atoms with van der Waals surface area (Å²) in [6, 6.07) is 7.54. The van der Waals surface area contributed by atoms with Gasteiger partial charge in [0.05, 0.1) is 19.3 Å². The van der Waals surface area contributed by atoms with Crippen molar-refractivity contribution in [2.24, 2.45) is 23.2 Å². The van der Waals surface area contributed by atoms with Gasteiger partial charge in [-0.2, -0.15) is 0 Å². The fourth-order valence-corrected chi connectivity index (χ4v) is 4.74. The van der Waals surface area contributed by atoms with Crippen molar-refractivity contribution in [1.82, 2.24) is 0 Å². The second-order valence-electron chi connectivity index (χ2n) is 7.89.